The highest BCUT2D eigenvalue weighted by atomic mass is 79.9. The van der Waals surface area contributed by atoms with E-state index in [1.165, 1.54) is 171 Å². The Bertz CT molecular complexity index is 6930. The third-order valence-electron chi connectivity index (χ3n) is 21.7. The highest BCUT2D eigenvalue weighted by Gasteiger charge is 2.35. The average Bonchev–Trinajstić information content (AvgIpc) is 0.710. The van der Waals surface area contributed by atoms with Gasteiger partial charge in [-0.15, -0.1) is 0 Å². The topological polar surface area (TPSA) is 17.1 Å². The summed E-state index contributed by atoms with van der Waals surface area (Å²) in [6.45, 7) is -0.951. The van der Waals surface area contributed by atoms with Crippen molar-refractivity contribution in [3.8, 4) is 0 Å². The van der Waals surface area contributed by atoms with Crippen LogP contribution in [-0.2, 0) is 4.57 Å². The third kappa shape index (κ3) is 10.7. The molecule has 106 heavy (non-hydrogen) atoms. The van der Waals surface area contributed by atoms with Crippen LogP contribution in [0.5, 0.6) is 0 Å². The predicted molar refractivity (Wildman–Crippen MR) is 475 cm³/mol. The van der Waals surface area contributed by atoms with E-state index >= 15 is 4.57 Å². The van der Waals surface area contributed by atoms with Gasteiger partial charge in [0.15, 0.2) is 7.14 Å². The summed E-state index contributed by atoms with van der Waals surface area (Å²) in [6, 6.07) is 131. The Hall–Kier alpha value is -10.6. The molecule has 0 unspecified atom stereocenters. The maximum Gasteiger partial charge on any atom is 0.172 e. The molecule has 0 atom stereocenters. The van der Waals surface area contributed by atoms with Gasteiger partial charge < -0.3 is 4.57 Å². The summed E-state index contributed by atoms with van der Waals surface area (Å²) < 4.78 is 17.3. The lowest BCUT2D eigenvalue weighted by molar-refractivity contribution is 0.593. The van der Waals surface area contributed by atoms with Crippen LogP contribution in [0, 0.1) is 0 Å². The number of rotatable bonds is 7. The van der Waals surface area contributed by atoms with Gasteiger partial charge in [0.05, 0.1) is 0 Å². The highest BCUT2D eigenvalue weighted by molar-refractivity contribution is 9.10. The molecule has 502 valence electrons. The summed E-state index contributed by atoms with van der Waals surface area (Å²) >= 11 is 14.9. The molecule has 0 aliphatic heterocycles. The summed E-state index contributed by atoms with van der Waals surface area (Å²) in [5.41, 5.74) is 0. The maximum absolute atomic E-state index is 16.1. The fourth-order valence-corrected chi connectivity index (χ4v) is 24.2. The van der Waals surface area contributed by atoms with Gasteiger partial charge in [-0.1, -0.05) is 392 Å². The normalized spacial score (nSPS) is 12.0. The van der Waals surface area contributed by atoms with Crippen molar-refractivity contribution < 1.29 is 4.57 Å². The highest BCUT2D eigenvalue weighted by Crippen LogP contribution is 2.51. The van der Waals surface area contributed by atoms with Crippen LogP contribution in [0.3, 0.4) is 0 Å². The van der Waals surface area contributed by atoms with Gasteiger partial charge in [0.1, 0.15) is 6.63 Å². The Morgan fingerprint density at radius 1 is 0.226 bits per heavy atom. The van der Waals surface area contributed by atoms with E-state index < -0.39 is 21.7 Å². The lowest BCUT2D eigenvalue weighted by Crippen LogP contribution is -2.26. The minimum Gasteiger partial charge on any atom is -0.309 e. The smallest absolute Gasteiger partial charge is 0.172 e. The number of halogens is 3. The molecular formula is C99H64BrCl2OP3. The van der Waals surface area contributed by atoms with Crippen molar-refractivity contribution in [3.05, 3.63) is 368 Å². The standard InChI is InChI=1S/C38H23OP.C38H23P.C16H9Br.C6H5Cl2P.CH4/c39-40(30-10-2-1-3-11-30,33-22-18-28-14-12-24-6-4-8-26-16-20-31(33)37(28)35(24)26)34-23-19-29-15-13-25-7-5-9-27-17-21-32(34)38(29)36(25)27;1-2-10-30(11-3-1)39(33-22-18-28-14-12-24-6-4-8-26-16-20-31(33)37(28)35(24)26)34-23-19-29-15-13-25-7-5-9-27-17-21-32(34)38(29)36(25)27;17-14-9-7-12-5-4-10-2-1-3-11-6-8-13(14)16(12)15(10)11;7-9(8)6-4-2-1-3-5-6;/h1-23H;1-23H;1-9H;1-5H;1H4. The summed E-state index contributed by atoms with van der Waals surface area (Å²) in [5, 5.41) is 46.3. The molecule has 0 N–H and O–H groups in total. The molecule has 1 nitrogen and oxygen atoms in total. The van der Waals surface area contributed by atoms with E-state index in [0.717, 1.165) is 32.0 Å². The Balaban J connectivity index is 0.000000108. The van der Waals surface area contributed by atoms with Crippen LogP contribution < -0.4 is 37.1 Å². The number of benzene rings is 23. The summed E-state index contributed by atoms with van der Waals surface area (Å²) in [6.07, 6.45) is 0. The predicted octanol–water partition coefficient (Wildman–Crippen LogP) is 27.4. The van der Waals surface area contributed by atoms with Crippen molar-refractivity contribution in [2.45, 2.75) is 7.43 Å². The first kappa shape index (κ1) is 66.1. The van der Waals surface area contributed by atoms with Crippen molar-refractivity contribution in [2.75, 3.05) is 0 Å². The van der Waals surface area contributed by atoms with E-state index in [1.807, 2.05) is 60.7 Å². The SMILES string of the molecule is Brc1ccc2ccc3cccc4ccc1c2c34.C.ClP(Cl)c1ccccc1.O=P(c1ccccc1)(c1ccc2ccc3cccc4ccc1c2c34)c1ccc2ccc3cccc4ccc1c2c34.c1ccc(P(c2ccc3ccc4cccc5ccc2c3c45)c2ccc3ccc4cccc5ccc2c3c45)cc1. The van der Waals surface area contributed by atoms with E-state index in [-0.39, 0.29) is 7.43 Å². The van der Waals surface area contributed by atoms with Gasteiger partial charge in [0.25, 0.3) is 0 Å². The summed E-state index contributed by atoms with van der Waals surface area (Å²) in [7, 11) is -4.09. The average molecular weight is 1510 g/mol. The first-order chi connectivity index (χ1) is 51.7. The Morgan fingerprint density at radius 2 is 0.472 bits per heavy atom. The van der Waals surface area contributed by atoms with Gasteiger partial charge >= 0.3 is 0 Å². The molecule has 0 aliphatic carbocycles. The second kappa shape index (κ2) is 26.8. The second-order valence-electron chi connectivity index (χ2n) is 27.4. The van der Waals surface area contributed by atoms with Crippen LogP contribution in [0.1, 0.15) is 7.43 Å². The first-order valence-electron chi connectivity index (χ1n) is 35.4. The minimum absolute atomic E-state index is 0. The van der Waals surface area contributed by atoms with Crippen molar-refractivity contribution in [1.29, 1.82) is 0 Å². The molecule has 0 saturated carbocycles. The van der Waals surface area contributed by atoms with Crippen LogP contribution in [0.4, 0.5) is 0 Å². The molecule has 0 spiro atoms. The van der Waals surface area contributed by atoms with Crippen molar-refractivity contribution in [2.24, 2.45) is 0 Å². The molecule has 23 aromatic rings. The quantitative estimate of drug-likeness (QED) is 0.115. The van der Waals surface area contributed by atoms with E-state index in [9.17, 15) is 0 Å². The zero-order valence-corrected chi connectivity index (χ0v) is 62.3. The first-order valence-corrected chi connectivity index (χ1v) is 42.4. The summed E-state index contributed by atoms with van der Waals surface area (Å²) in [4.78, 5) is 0. The molecule has 0 fully saturated rings. The maximum atomic E-state index is 16.1. The van der Waals surface area contributed by atoms with Crippen molar-refractivity contribution in [3.63, 3.8) is 0 Å². The van der Waals surface area contributed by atoms with E-state index in [0.29, 0.717) is 0 Å². The lowest BCUT2D eigenvalue weighted by Gasteiger charge is -2.25. The molecular weight excluding hydrogens is 1450 g/mol. The van der Waals surface area contributed by atoms with Crippen molar-refractivity contribution in [1.82, 2.24) is 0 Å². The monoisotopic (exact) mass is 1510 g/mol. The van der Waals surface area contributed by atoms with Crippen LogP contribution in [0.15, 0.2) is 368 Å². The molecule has 0 aliphatic rings. The molecule has 0 aromatic heterocycles. The van der Waals surface area contributed by atoms with Crippen molar-refractivity contribution >= 4 is 259 Å². The van der Waals surface area contributed by atoms with Crippen LogP contribution in [0.2, 0.25) is 0 Å². The van der Waals surface area contributed by atoms with Crippen LogP contribution >= 0.6 is 60.1 Å². The van der Waals surface area contributed by atoms with Gasteiger partial charge in [-0.25, -0.2) is 0 Å². The van der Waals surface area contributed by atoms with Gasteiger partial charge in [-0.05, 0) is 204 Å². The Morgan fingerprint density at radius 3 is 0.802 bits per heavy atom. The Kier molecular flexibility index (Phi) is 16.7. The minimum atomic E-state index is -3.29. The second-order valence-corrected chi connectivity index (χ2v) is 36.6. The number of hydrogen-bond acceptors (Lipinski definition) is 1. The van der Waals surface area contributed by atoms with E-state index in [1.54, 1.807) is 0 Å². The van der Waals surface area contributed by atoms with Gasteiger partial charge in [-0.3, -0.25) is 0 Å². The zero-order chi connectivity index (χ0) is 70.0. The molecule has 23 aromatic carbocycles. The van der Waals surface area contributed by atoms with Gasteiger partial charge in [-0.2, -0.15) is 0 Å². The molecule has 0 bridgehead atoms. The Labute approximate surface area is 634 Å². The zero-order valence-electron chi connectivity index (χ0n) is 56.5. The lowest BCUT2D eigenvalue weighted by atomic mass is 9.94. The fraction of sp³-hybridized carbons (Fsp3) is 0.0101. The van der Waals surface area contributed by atoms with E-state index in [2.05, 4.69) is 319 Å². The molecule has 0 saturated heterocycles. The largest absolute Gasteiger partial charge is 0.309 e. The van der Waals surface area contributed by atoms with Gasteiger partial charge in [0, 0.05) is 25.7 Å². The third-order valence-corrected chi connectivity index (χ3v) is 30.0. The van der Waals surface area contributed by atoms with Crippen LogP contribution in [-0.4, -0.2) is 0 Å². The molecule has 0 amide bonds. The van der Waals surface area contributed by atoms with Gasteiger partial charge in [0.2, 0.25) is 0 Å². The molecule has 23 rings (SSSR count). The molecule has 0 heterocycles. The molecule has 0 radical (unpaired) electrons. The van der Waals surface area contributed by atoms with Crippen LogP contribution in [0.25, 0.3) is 162 Å². The number of hydrogen-bond donors (Lipinski definition) is 0. The van der Waals surface area contributed by atoms with E-state index in [4.69, 9.17) is 22.5 Å². The molecule has 7 heteroatoms. The summed E-state index contributed by atoms with van der Waals surface area (Å²) in [5.74, 6) is 0. The fourth-order valence-electron chi connectivity index (χ4n) is 17.1.